The fraction of sp³-hybridized carbons (Fsp3) is 0. The molecule has 134 valence electrons. The van der Waals surface area contributed by atoms with Crippen molar-refractivity contribution in [3.8, 4) is 0 Å². The fourth-order valence-electron chi connectivity index (χ4n) is 3.50. The summed E-state index contributed by atoms with van der Waals surface area (Å²) in [5, 5.41) is 4.16. The Bertz CT molecular complexity index is 1270. The van der Waals surface area contributed by atoms with E-state index in [4.69, 9.17) is 4.74 Å². The van der Waals surface area contributed by atoms with Gasteiger partial charge in [-0.15, -0.1) is 0 Å². The Morgan fingerprint density at radius 1 is 0.821 bits per heavy atom. The molecule has 0 aliphatic carbocycles. The van der Waals surface area contributed by atoms with Crippen molar-refractivity contribution in [3.05, 3.63) is 102 Å². The maximum atomic E-state index is 14.0. The summed E-state index contributed by atoms with van der Waals surface area (Å²) >= 11 is 0. The summed E-state index contributed by atoms with van der Waals surface area (Å²) in [5.74, 6) is -1.08. The molecule has 0 fully saturated rings. The van der Waals surface area contributed by atoms with E-state index in [2.05, 4.69) is 11.1 Å². The van der Waals surface area contributed by atoms with Gasteiger partial charge in [0.25, 0.3) is 0 Å². The zero-order valence-electron chi connectivity index (χ0n) is 14.7. The number of benzene rings is 4. The third kappa shape index (κ3) is 2.67. The maximum Gasteiger partial charge on any atom is 0.363 e. The Balaban J connectivity index is 1.73. The molecule has 4 aromatic rings. The van der Waals surface area contributed by atoms with Gasteiger partial charge < -0.3 is 4.74 Å². The molecule has 0 unspecified atom stereocenters. The van der Waals surface area contributed by atoms with E-state index < -0.39 is 11.8 Å². The van der Waals surface area contributed by atoms with Crippen LogP contribution >= 0.6 is 0 Å². The zero-order valence-corrected chi connectivity index (χ0v) is 14.7. The summed E-state index contributed by atoms with van der Waals surface area (Å²) in [7, 11) is 0. The molecule has 0 bridgehead atoms. The summed E-state index contributed by atoms with van der Waals surface area (Å²) in [4.78, 5) is 16.7. The van der Waals surface area contributed by atoms with Crippen molar-refractivity contribution in [3.63, 3.8) is 0 Å². The van der Waals surface area contributed by atoms with Gasteiger partial charge in [-0.05, 0) is 51.4 Å². The van der Waals surface area contributed by atoms with Gasteiger partial charge in [-0.25, -0.2) is 14.2 Å². The molecule has 0 saturated heterocycles. The summed E-state index contributed by atoms with van der Waals surface area (Å²) in [5.41, 5.74) is 1.21. The molecule has 0 atom stereocenters. The van der Waals surface area contributed by atoms with Gasteiger partial charge in [-0.1, -0.05) is 60.7 Å². The van der Waals surface area contributed by atoms with Gasteiger partial charge in [0, 0.05) is 0 Å². The number of rotatable bonds is 2. The van der Waals surface area contributed by atoms with E-state index in [1.165, 1.54) is 12.1 Å². The standard InChI is InChI=1S/C24H14FNO2/c25-21-12-6-5-11-19(21)23-26-22(24(27)28-23)14-20-17-9-3-1-7-15(17)13-16-8-2-4-10-18(16)20/h1-14H/b22-14-. The van der Waals surface area contributed by atoms with Gasteiger partial charge in [0.2, 0.25) is 5.90 Å². The van der Waals surface area contributed by atoms with Crippen LogP contribution in [-0.4, -0.2) is 11.9 Å². The third-order valence-corrected chi connectivity index (χ3v) is 4.82. The number of nitrogens with zero attached hydrogens (tertiary/aromatic N) is 1. The second kappa shape index (κ2) is 6.43. The van der Waals surface area contributed by atoms with Crippen molar-refractivity contribution in [1.29, 1.82) is 0 Å². The topological polar surface area (TPSA) is 38.7 Å². The lowest BCUT2D eigenvalue weighted by atomic mass is 9.96. The first-order chi connectivity index (χ1) is 13.7. The highest BCUT2D eigenvalue weighted by atomic mass is 19.1. The second-order valence-corrected chi connectivity index (χ2v) is 6.55. The van der Waals surface area contributed by atoms with E-state index >= 15 is 0 Å². The molecule has 4 heteroatoms. The Kier molecular flexibility index (Phi) is 3.76. The highest BCUT2D eigenvalue weighted by Gasteiger charge is 2.26. The Morgan fingerprint density at radius 3 is 2.11 bits per heavy atom. The molecule has 0 aromatic heterocycles. The van der Waals surface area contributed by atoms with E-state index in [9.17, 15) is 9.18 Å². The first-order valence-corrected chi connectivity index (χ1v) is 8.89. The van der Waals surface area contributed by atoms with Crippen LogP contribution in [-0.2, 0) is 9.53 Å². The van der Waals surface area contributed by atoms with Gasteiger partial charge in [0.15, 0.2) is 5.70 Å². The van der Waals surface area contributed by atoms with Crippen LogP contribution in [0.25, 0.3) is 27.6 Å². The molecule has 3 nitrogen and oxygen atoms in total. The Labute approximate surface area is 160 Å². The van der Waals surface area contributed by atoms with E-state index in [-0.39, 0.29) is 17.2 Å². The number of halogens is 1. The minimum Gasteiger partial charge on any atom is -0.402 e. The zero-order chi connectivity index (χ0) is 19.1. The van der Waals surface area contributed by atoms with E-state index in [1.54, 1.807) is 18.2 Å². The van der Waals surface area contributed by atoms with Crippen LogP contribution in [0.1, 0.15) is 11.1 Å². The van der Waals surface area contributed by atoms with E-state index in [0.717, 1.165) is 27.1 Å². The highest BCUT2D eigenvalue weighted by Crippen LogP contribution is 2.31. The predicted octanol–water partition coefficient (Wildman–Crippen LogP) is 5.48. The van der Waals surface area contributed by atoms with Crippen molar-refractivity contribution in [2.75, 3.05) is 0 Å². The van der Waals surface area contributed by atoms with Crippen LogP contribution in [0.4, 0.5) is 4.39 Å². The largest absolute Gasteiger partial charge is 0.402 e. The number of carbonyl (C=O) groups excluding carboxylic acids is 1. The van der Waals surface area contributed by atoms with Gasteiger partial charge in [-0.3, -0.25) is 0 Å². The average Bonchev–Trinajstić information content (AvgIpc) is 3.08. The Morgan fingerprint density at radius 2 is 1.43 bits per heavy atom. The van der Waals surface area contributed by atoms with Crippen molar-refractivity contribution in [2.24, 2.45) is 4.99 Å². The molecule has 5 rings (SSSR count). The Hall–Kier alpha value is -3.79. The third-order valence-electron chi connectivity index (χ3n) is 4.82. The van der Waals surface area contributed by atoms with Crippen molar-refractivity contribution in [2.45, 2.75) is 0 Å². The van der Waals surface area contributed by atoms with Crippen LogP contribution in [0.5, 0.6) is 0 Å². The van der Waals surface area contributed by atoms with Gasteiger partial charge in [0.1, 0.15) is 5.82 Å². The van der Waals surface area contributed by atoms with Crippen LogP contribution in [0.2, 0.25) is 0 Å². The molecule has 1 aliphatic heterocycles. The van der Waals surface area contributed by atoms with Gasteiger partial charge >= 0.3 is 5.97 Å². The molecule has 0 saturated carbocycles. The molecule has 28 heavy (non-hydrogen) atoms. The molecule has 0 radical (unpaired) electrons. The second-order valence-electron chi connectivity index (χ2n) is 6.55. The first kappa shape index (κ1) is 16.4. The van der Waals surface area contributed by atoms with E-state index in [0.29, 0.717) is 0 Å². The minimum atomic E-state index is -0.588. The summed E-state index contributed by atoms with van der Waals surface area (Å²) in [6, 6.07) is 24.2. The summed E-state index contributed by atoms with van der Waals surface area (Å²) < 4.78 is 19.3. The molecule has 0 spiro atoms. The summed E-state index contributed by atoms with van der Waals surface area (Å²) in [6.07, 6.45) is 1.72. The SMILES string of the molecule is O=C1OC(c2ccccc2F)=N/C1=C\c1c2ccccc2cc2ccccc12. The van der Waals surface area contributed by atoms with Crippen LogP contribution in [0.15, 0.2) is 89.6 Å². The van der Waals surface area contributed by atoms with Crippen molar-refractivity contribution >= 4 is 39.5 Å². The molecule has 1 heterocycles. The lowest BCUT2D eigenvalue weighted by Gasteiger charge is -2.08. The van der Waals surface area contributed by atoms with Crippen LogP contribution < -0.4 is 0 Å². The minimum absolute atomic E-state index is 0.0149. The number of hydrogen-bond donors (Lipinski definition) is 0. The summed E-state index contributed by atoms with van der Waals surface area (Å²) in [6.45, 7) is 0. The molecule has 0 N–H and O–H groups in total. The number of cyclic esters (lactones) is 1. The van der Waals surface area contributed by atoms with Crippen LogP contribution in [0.3, 0.4) is 0 Å². The van der Waals surface area contributed by atoms with Crippen LogP contribution in [0, 0.1) is 5.82 Å². The number of carbonyl (C=O) groups is 1. The quantitative estimate of drug-likeness (QED) is 0.267. The smallest absolute Gasteiger partial charge is 0.363 e. The van der Waals surface area contributed by atoms with Gasteiger partial charge in [0.05, 0.1) is 5.56 Å². The molecule has 1 aliphatic rings. The van der Waals surface area contributed by atoms with Gasteiger partial charge in [-0.2, -0.15) is 0 Å². The number of ether oxygens (including phenoxy) is 1. The van der Waals surface area contributed by atoms with E-state index in [1.807, 2.05) is 48.5 Å². The number of hydrogen-bond acceptors (Lipinski definition) is 3. The monoisotopic (exact) mass is 367 g/mol. The predicted molar refractivity (Wildman–Crippen MR) is 108 cm³/mol. The molecular formula is C24H14FNO2. The maximum absolute atomic E-state index is 14.0. The molecule has 4 aromatic carbocycles. The first-order valence-electron chi connectivity index (χ1n) is 8.89. The number of esters is 1. The highest BCUT2D eigenvalue weighted by molar-refractivity contribution is 6.15. The lowest BCUT2D eigenvalue weighted by molar-refractivity contribution is -0.129. The van der Waals surface area contributed by atoms with Crippen molar-refractivity contribution < 1.29 is 13.9 Å². The normalized spacial score (nSPS) is 15.2. The fourth-order valence-corrected chi connectivity index (χ4v) is 3.50. The van der Waals surface area contributed by atoms with Crippen molar-refractivity contribution in [1.82, 2.24) is 0 Å². The number of aliphatic imine (C=N–C) groups is 1. The average molecular weight is 367 g/mol. The number of fused-ring (bicyclic) bond motifs is 2. The lowest BCUT2D eigenvalue weighted by Crippen LogP contribution is -2.07. The molecular weight excluding hydrogens is 353 g/mol. The molecule has 0 amide bonds.